The zero-order valence-corrected chi connectivity index (χ0v) is 7.23. The van der Waals surface area contributed by atoms with Crippen LogP contribution in [-0.4, -0.2) is 41.9 Å². The van der Waals surface area contributed by atoms with Gasteiger partial charge in [-0.3, -0.25) is 4.79 Å². The van der Waals surface area contributed by atoms with Gasteiger partial charge < -0.3 is 10.6 Å². The van der Waals surface area contributed by atoms with Crippen molar-refractivity contribution in [1.82, 2.24) is 4.90 Å². The number of carbonyl (C=O) groups excluding carboxylic acids is 1. The molecule has 1 fully saturated rings. The van der Waals surface area contributed by atoms with E-state index in [9.17, 15) is 4.79 Å². The van der Waals surface area contributed by atoms with E-state index in [1.54, 1.807) is 11.8 Å². The van der Waals surface area contributed by atoms with E-state index >= 15 is 0 Å². The van der Waals surface area contributed by atoms with Gasteiger partial charge in [-0.25, -0.2) is 0 Å². The normalized spacial score (nSPS) is 21.3. The fraction of sp³-hybridized carbons (Fsp3) is 0.667. The number of aliphatic imine (C=N–C) groups is 1. The van der Waals surface area contributed by atoms with Gasteiger partial charge >= 0.3 is 0 Å². The van der Waals surface area contributed by atoms with Gasteiger partial charge in [-0.2, -0.15) is 4.99 Å². The molecule has 0 saturated carbocycles. The van der Waals surface area contributed by atoms with Gasteiger partial charge in [-0.15, -0.1) is 0 Å². The Balaban J connectivity index is 2.57. The van der Waals surface area contributed by atoms with Crippen LogP contribution in [-0.2, 0) is 4.79 Å². The van der Waals surface area contributed by atoms with Crippen molar-refractivity contribution in [3.63, 3.8) is 0 Å². The molecule has 4 nitrogen and oxygen atoms in total. The molecule has 0 bridgehead atoms. The number of hydrogen-bond acceptors (Lipinski definition) is 3. The quantitative estimate of drug-likeness (QED) is 0.581. The van der Waals surface area contributed by atoms with Crippen LogP contribution in [0.25, 0.3) is 0 Å². The molecule has 1 aliphatic heterocycles. The number of amidine groups is 1. The average Bonchev–Trinajstić information content (AvgIpc) is 2.37. The SMILES string of the molecule is CN1CCSC1=NC(=O)CN. The Bertz CT molecular complexity index is 192. The zero-order valence-electron chi connectivity index (χ0n) is 6.41. The molecule has 0 aliphatic carbocycles. The second kappa shape index (κ2) is 3.73. The van der Waals surface area contributed by atoms with Crippen molar-refractivity contribution in [3.05, 3.63) is 0 Å². The lowest BCUT2D eigenvalue weighted by Crippen LogP contribution is -2.21. The van der Waals surface area contributed by atoms with E-state index in [1.165, 1.54) is 0 Å². The molecule has 5 heteroatoms. The largest absolute Gasteiger partial charge is 0.353 e. The summed E-state index contributed by atoms with van der Waals surface area (Å²) < 4.78 is 0. The Morgan fingerprint density at radius 1 is 1.91 bits per heavy atom. The molecule has 11 heavy (non-hydrogen) atoms. The number of nitrogens with two attached hydrogens (primary N) is 1. The second-order valence-electron chi connectivity index (χ2n) is 2.26. The fourth-order valence-corrected chi connectivity index (χ4v) is 1.78. The van der Waals surface area contributed by atoms with Crippen molar-refractivity contribution in [2.75, 3.05) is 25.9 Å². The fourth-order valence-electron chi connectivity index (χ4n) is 0.750. The van der Waals surface area contributed by atoms with E-state index in [0.717, 1.165) is 17.5 Å². The van der Waals surface area contributed by atoms with Crippen LogP contribution in [0, 0.1) is 0 Å². The highest BCUT2D eigenvalue weighted by molar-refractivity contribution is 8.14. The van der Waals surface area contributed by atoms with E-state index in [1.807, 2.05) is 11.9 Å². The molecule has 1 rings (SSSR count). The summed E-state index contributed by atoms with van der Waals surface area (Å²) in [7, 11) is 1.92. The molecule has 0 aromatic rings. The van der Waals surface area contributed by atoms with Crippen molar-refractivity contribution < 1.29 is 4.79 Å². The van der Waals surface area contributed by atoms with E-state index in [4.69, 9.17) is 5.73 Å². The molecule has 0 radical (unpaired) electrons. The van der Waals surface area contributed by atoms with Crippen molar-refractivity contribution in [1.29, 1.82) is 0 Å². The molecule has 0 aromatic carbocycles. The van der Waals surface area contributed by atoms with E-state index in [2.05, 4.69) is 4.99 Å². The van der Waals surface area contributed by atoms with Crippen molar-refractivity contribution in [3.8, 4) is 0 Å². The molecule has 1 saturated heterocycles. The maximum absolute atomic E-state index is 10.8. The zero-order chi connectivity index (χ0) is 8.27. The summed E-state index contributed by atoms with van der Waals surface area (Å²) in [6, 6.07) is 0. The molecule has 2 N–H and O–H groups in total. The molecule has 0 unspecified atom stereocenters. The molecular formula is C6H11N3OS. The van der Waals surface area contributed by atoms with Gasteiger partial charge in [-0.1, -0.05) is 11.8 Å². The van der Waals surface area contributed by atoms with Gasteiger partial charge in [0.1, 0.15) is 0 Å². The number of nitrogens with zero attached hydrogens (tertiary/aromatic N) is 2. The van der Waals surface area contributed by atoms with Gasteiger partial charge in [0.2, 0.25) is 0 Å². The van der Waals surface area contributed by atoms with Crippen LogP contribution >= 0.6 is 11.8 Å². The van der Waals surface area contributed by atoms with Crippen molar-refractivity contribution >= 4 is 22.8 Å². The first-order valence-electron chi connectivity index (χ1n) is 3.39. The lowest BCUT2D eigenvalue weighted by molar-refractivity contribution is -0.116. The summed E-state index contributed by atoms with van der Waals surface area (Å²) >= 11 is 1.59. The minimum Gasteiger partial charge on any atom is -0.353 e. The molecule has 0 aromatic heterocycles. The number of carbonyl (C=O) groups is 1. The van der Waals surface area contributed by atoms with Gasteiger partial charge in [0.15, 0.2) is 5.17 Å². The molecule has 1 heterocycles. The van der Waals surface area contributed by atoms with Crippen LogP contribution in [0.1, 0.15) is 0 Å². The van der Waals surface area contributed by atoms with Crippen molar-refractivity contribution in [2.24, 2.45) is 10.7 Å². The monoisotopic (exact) mass is 173 g/mol. The smallest absolute Gasteiger partial charge is 0.261 e. The van der Waals surface area contributed by atoms with Crippen LogP contribution < -0.4 is 5.73 Å². The Morgan fingerprint density at radius 2 is 2.64 bits per heavy atom. The highest BCUT2D eigenvalue weighted by atomic mass is 32.2. The maximum Gasteiger partial charge on any atom is 0.261 e. The summed E-state index contributed by atoms with van der Waals surface area (Å²) in [4.78, 5) is 16.5. The van der Waals surface area contributed by atoms with Gasteiger partial charge in [-0.05, 0) is 0 Å². The molecule has 0 spiro atoms. The summed E-state index contributed by atoms with van der Waals surface area (Å²) in [5.41, 5.74) is 5.11. The standard InChI is InChI=1S/C6H11N3OS/c1-9-2-3-11-6(9)8-5(10)4-7/h2-4,7H2,1H3. The second-order valence-corrected chi connectivity index (χ2v) is 3.32. The highest BCUT2D eigenvalue weighted by Crippen LogP contribution is 2.15. The van der Waals surface area contributed by atoms with Crippen LogP contribution in [0.2, 0.25) is 0 Å². The Morgan fingerprint density at radius 3 is 3.09 bits per heavy atom. The minimum absolute atomic E-state index is 0.00208. The lowest BCUT2D eigenvalue weighted by atomic mass is 10.6. The lowest BCUT2D eigenvalue weighted by Gasteiger charge is -2.07. The summed E-state index contributed by atoms with van der Waals surface area (Å²) in [5, 5.41) is 0.792. The first-order valence-corrected chi connectivity index (χ1v) is 4.38. The predicted octanol–water partition coefficient (Wildman–Crippen LogP) is -0.494. The van der Waals surface area contributed by atoms with Crippen LogP contribution in [0.15, 0.2) is 4.99 Å². The van der Waals surface area contributed by atoms with Gasteiger partial charge in [0, 0.05) is 19.3 Å². The first-order chi connectivity index (χ1) is 5.24. The summed E-state index contributed by atoms with van der Waals surface area (Å²) in [6.45, 7) is 0.958. The maximum atomic E-state index is 10.8. The number of hydrogen-bond donors (Lipinski definition) is 1. The van der Waals surface area contributed by atoms with Crippen LogP contribution in [0.3, 0.4) is 0 Å². The van der Waals surface area contributed by atoms with Gasteiger partial charge in [0.25, 0.3) is 5.91 Å². The number of rotatable bonds is 1. The third kappa shape index (κ3) is 2.20. The Labute approximate surface area is 69.8 Å². The first kappa shape index (κ1) is 8.55. The minimum atomic E-state index is -0.249. The summed E-state index contributed by atoms with van der Waals surface area (Å²) in [5.74, 6) is 0.758. The van der Waals surface area contributed by atoms with E-state index in [-0.39, 0.29) is 12.5 Å². The molecule has 0 atom stereocenters. The third-order valence-corrected chi connectivity index (χ3v) is 2.43. The Hall–Kier alpha value is -0.550. The topological polar surface area (TPSA) is 58.7 Å². The van der Waals surface area contributed by atoms with E-state index in [0.29, 0.717) is 0 Å². The van der Waals surface area contributed by atoms with Gasteiger partial charge in [0.05, 0.1) is 6.54 Å². The average molecular weight is 173 g/mol. The predicted molar refractivity (Wildman–Crippen MR) is 46.6 cm³/mol. The number of thioether (sulfide) groups is 1. The highest BCUT2D eigenvalue weighted by Gasteiger charge is 2.15. The van der Waals surface area contributed by atoms with E-state index < -0.39 is 0 Å². The number of amides is 1. The van der Waals surface area contributed by atoms with Crippen LogP contribution in [0.5, 0.6) is 0 Å². The summed E-state index contributed by atoms with van der Waals surface area (Å²) in [6.07, 6.45) is 0. The molecular weight excluding hydrogens is 162 g/mol. The molecule has 62 valence electrons. The third-order valence-electron chi connectivity index (χ3n) is 1.38. The molecule has 1 amide bonds. The van der Waals surface area contributed by atoms with Crippen LogP contribution in [0.4, 0.5) is 0 Å². The van der Waals surface area contributed by atoms with Crippen molar-refractivity contribution in [2.45, 2.75) is 0 Å². The molecule has 1 aliphatic rings. The Kier molecular flexibility index (Phi) is 2.90.